The summed E-state index contributed by atoms with van der Waals surface area (Å²) >= 11 is 0. The van der Waals surface area contributed by atoms with Crippen LogP contribution in [0.4, 0.5) is 5.95 Å². The van der Waals surface area contributed by atoms with E-state index in [0.29, 0.717) is 5.88 Å². The predicted octanol–water partition coefficient (Wildman–Crippen LogP) is 2.51. The smallest absolute Gasteiger partial charge is 0.223 e. The van der Waals surface area contributed by atoms with Crippen molar-refractivity contribution in [1.82, 2.24) is 9.97 Å². The molecule has 1 aromatic heterocycles. The van der Waals surface area contributed by atoms with Crippen LogP contribution < -0.4 is 10.5 Å². The third-order valence-corrected chi connectivity index (χ3v) is 2.50. The molecular formula is C13H15N3O. The molecule has 4 heteroatoms. The van der Waals surface area contributed by atoms with Crippen LogP contribution in [0.1, 0.15) is 24.2 Å². The van der Waals surface area contributed by atoms with E-state index in [9.17, 15) is 0 Å². The van der Waals surface area contributed by atoms with Crippen molar-refractivity contribution in [2.45, 2.75) is 20.0 Å². The third-order valence-electron chi connectivity index (χ3n) is 2.50. The molecule has 0 radical (unpaired) electrons. The summed E-state index contributed by atoms with van der Waals surface area (Å²) in [5.41, 5.74) is 7.52. The number of nitrogens with two attached hydrogens (primary N) is 1. The van der Waals surface area contributed by atoms with Crippen LogP contribution in [0.3, 0.4) is 0 Å². The quantitative estimate of drug-likeness (QED) is 0.878. The number of nitrogen functional groups attached to an aromatic ring is 1. The number of ether oxygens (including phenoxy) is 1. The van der Waals surface area contributed by atoms with Crippen LogP contribution in [0.5, 0.6) is 5.88 Å². The molecule has 17 heavy (non-hydrogen) atoms. The second kappa shape index (κ2) is 4.82. The Morgan fingerprint density at radius 3 is 2.65 bits per heavy atom. The molecular weight excluding hydrogens is 214 g/mol. The first-order valence-electron chi connectivity index (χ1n) is 5.47. The van der Waals surface area contributed by atoms with Crippen LogP contribution in [0.15, 0.2) is 36.5 Å². The molecule has 0 saturated carbocycles. The number of benzene rings is 1. The highest BCUT2D eigenvalue weighted by atomic mass is 16.5. The van der Waals surface area contributed by atoms with Gasteiger partial charge in [0.05, 0.1) is 0 Å². The molecule has 0 aliphatic heterocycles. The molecule has 2 rings (SSSR count). The summed E-state index contributed by atoms with van der Waals surface area (Å²) in [7, 11) is 0. The molecule has 4 nitrogen and oxygen atoms in total. The largest absolute Gasteiger partial charge is 0.469 e. The summed E-state index contributed by atoms with van der Waals surface area (Å²) < 4.78 is 5.78. The number of aryl methyl sites for hydroxylation is 1. The van der Waals surface area contributed by atoms with Crippen molar-refractivity contribution in [3.8, 4) is 5.88 Å². The Morgan fingerprint density at radius 2 is 1.94 bits per heavy atom. The fourth-order valence-electron chi connectivity index (χ4n) is 1.52. The highest BCUT2D eigenvalue weighted by molar-refractivity contribution is 5.29. The van der Waals surface area contributed by atoms with E-state index in [1.54, 1.807) is 6.20 Å². The van der Waals surface area contributed by atoms with Crippen molar-refractivity contribution < 1.29 is 4.74 Å². The molecule has 0 spiro atoms. The van der Waals surface area contributed by atoms with Gasteiger partial charge in [-0.3, -0.25) is 0 Å². The van der Waals surface area contributed by atoms with Gasteiger partial charge in [-0.05, 0) is 19.4 Å². The molecule has 0 saturated heterocycles. The van der Waals surface area contributed by atoms with Crippen LogP contribution in [0, 0.1) is 6.92 Å². The Hall–Kier alpha value is -2.10. The molecule has 1 heterocycles. The summed E-state index contributed by atoms with van der Waals surface area (Å²) in [6.07, 6.45) is 1.60. The Kier molecular flexibility index (Phi) is 3.23. The van der Waals surface area contributed by atoms with E-state index < -0.39 is 0 Å². The van der Waals surface area contributed by atoms with Crippen LogP contribution in [0.2, 0.25) is 0 Å². The number of hydrogen-bond donors (Lipinski definition) is 1. The van der Waals surface area contributed by atoms with Crippen molar-refractivity contribution in [3.63, 3.8) is 0 Å². The number of nitrogens with zero attached hydrogens (tertiary/aromatic N) is 2. The maximum absolute atomic E-state index is 5.78. The van der Waals surface area contributed by atoms with E-state index in [4.69, 9.17) is 10.5 Å². The van der Waals surface area contributed by atoms with Gasteiger partial charge in [-0.25, -0.2) is 4.98 Å². The number of hydrogen-bond acceptors (Lipinski definition) is 4. The first kappa shape index (κ1) is 11.4. The van der Waals surface area contributed by atoms with E-state index in [2.05, 4.69) is 9.97 Å². The molecule has 0 fully saturated rings. The molecule has 1 aromatic carbocycles. The second-order valence-electron chi connectivity index (χ2n) is 3.89. The first-order valence-corrected chi connectivity index (χ1v) is 5.47. The number of rotatable bonds is 3. The van der Waals surface area contributed by atoms with E-state index in [0.717, 1.165) is 11.1 Å². The molecule has 0 bridgehead atoms. The first-order chi connectivity index (χ1) is 8.16. The summed E-state index contributed by atoms with van der Waals surface area (Å²) in [4.78, 5) is 7.99. The maximum atomic E-state index is 5.78. The lowest BCUT2D eigenvalue weighted by molar-refractivity contribution is 0.216. The van der Waals surface area contributed by atoms with Gasteiger partial charge in [0.2, 0.25) is 11.8 Å². The topological polar surface area (TPSA) is 61.0 Å². The van der Waals surface area contributed by atoms with E-state index >= 15 is 0 Å². The van der Waals surface area contributed by atoms with E-state index in [1.165, 1.54) is 0 Å². The van der Waals surface area contributed by atoms with Crippen molar-refractivity contribution >= 4 is 5.95 Å². The summed E-state index contributed by atoms with van der Waals surface area (Å²) in [6, 6.07) is 9.98. The average Bonchev–Trinajstić information content (AvgIpc) is 2.35. The maximum Gasteiger partial charge on any atom is 0.223 e. The highest BCUT2D eigenvalue weighted by Crippen LogP contribution is 2.22. The molecule has 0 aliphatic carbocycles. The zero-order valence-electron chi connectivity index (χ0n) is 9.92. The molecule has 1 atom stereocenters. The summed E-state index contributed by atoms with van der Waals surface area (Å²) in [5.74, 6) is 0.764. The Bertz CT molecular complexity index is 499. The van der Waals surface area contributed by atoms with Gasteiger partial charge < -0.3 is 10.5 Å². The van der Waals surface area contributed by atoms with Gasteiger partial charge in [0.25, 0.3) is 0 Å². The number of aromatic nitrogens is 2. The lowest BCUT2D eigenvalue weighted by Gasteiger charge is -2.15. The Labute approximate surface area is 100 Å². The minimum Gasteiger partial charge on any atom is -0.469 e. The van der Waals surface area contributed by atoms with Crippen LogP contribution in [-0.2, 0) is 0 Å². The van der Waals surface area contributed by atoms with E-state index in [1.807, 2.05) is 44.2 Å². The highest BCUT2D eigenvalue weighted by Gasteiger charge is 2.10. The summed E-state index contributed by atoms with van der Waals surface area (Å²) in [5, 5.41) is 0. The Morgan fingerprint density at radius 1 is 1.24 bits per heavy atom. The molecule has 0 aliphatic rings. The standard InChI is InChI=1S/C13H15N3O/c1-9-8-15-13(14)16-12(9)17-10(2)11-6-4-3-5-7-11/h3-8,10H,1-2H3,(H2,14,15,16). The van der Waals surface area contributed by atoms with Crippen LogP contribution >= 0.6 is 0 Å². The lowest BCUT2D eigenvalue weighted by Crippen LogP contribution is -2.07. The lowest BCUT2D eigenvalue weighted by atomic mass is 10.1. The van der Waals surface area contributed by atoms with Crippen LogP contribution in [-0.4, -0.2) is 9.97 Å². The van der Waals surface area contributed by atoms with Crippen molar-refractivity contribution in [2.24, 2.45) is 0 Å². The van der Waals surface area contributed by atoms with Gasteiger partial charge in [0.1, 0.15) is 6.10 Å². The molecule has 88 valence electrons. The normalized spacial score (nSPS) is 12.1. The van der Waals surface area contributed by atoms with E-state index in [-0.39, 0.29) is 12.1 Å². The fourth-order valence-corrected chi connectivity index (χ4v) is 1.52. The average molecular weight is 229 g/mol. The number of anilines is 1. The SMILES string of the molecule is Cc1cnc(N)nc1OC(C)c1ccccc1. The van der Waals surface area contributed by atoms with Gasteiger partial charge in [-0.2, -0.15) is 4.98 Å². The van der Waals surface area contributed by atoms with Crippen molar-refractivity contribution in [2.75, 3.05) is 5.73 Å². The van der Waals surface area contributed by atoms with Gasteiger partial charge in [-0.1, -0.05) is 30.3 Å². The monoisotopic (exact) mass is 229 g/mol. The van der Waals surface area contributed by atoms with Crippen LogP contribution in [0.25, 0.3) is 0 Å². The predicted molar refractivity (Wildman–Crippen MR) is 66.7 cm³/mol. The third kappa shape index (κ3) is 2.72. The van der Waals surface area contributed by atoms with Gasteiger partial charge >= 0.3 is 0 Å². The molecule has 2 aromatic rings. The van der Waals surface area contributed by atoms with Gasteiger partial charge in [-0.15, -0.1) is 0 Å². The van der Waals surface area contributed by atoms with Gasteiger partial charge in [0, 0.05) is 11.8 Å². The van der Waals surface area contributed by atoms with Gasteiger partial charge in [0.15, 0.2) is 0 Å². The van der Waals surface area contributed by atoms with Crippen molar-refractivity contribution in [3.05, 3.63) is 47.7 Å². The molecule has 0 amide bonds. The Balaban J connectivity index is 2.18. The fraction of sp³-hybridized carbons (Fsp3) is 0.231. The molecule has 2 N–H and O–H groups in total. The zero-order valence-corrected chi connectivity index (χ0v) is 9.92. The molecule has 1 unspecified atom stereocenters. The second-order valence-corrected chi connectivity index (χ2v) is 3.89. The summed E-state index contributed by atoms with van der Waals surface area (Å²) in [6.45, 7) is 3.87. The zero-order chi connectivity index (χ0) is 12.3. The minimum atomic E-state index is -0.0656. The van der Waals surface area contributed by atoms with Crippen molar-refractivity contribution in [1.29, 1.82) is 0 Å². The minimum absolute atomic E-state index is 0.0656.